The molecule has 0 saturated carbocycles. The molecule has 8 nitrogen and oxygen atoms in total. The maximum atomic E-state index is 12.0. The zero-order chi connectivity index (χ0) is 17.0. The van der Waals surface area contributed by atoms with Crippen molar-refractivity contribution in [2.24, 2.45) is 0 Å². The Labute approximate surface area is 146 Å². The number of anilines is 2. The molecule has 3 N–H and O–H groups in total. The van der Waals surface area contributed by atoms with Crippen LogP contribution >= 0.6 is 12.4 Å². The van der Waals surface area contributed by atoms with Crippen LogP contribution in [-0.4, -0.2) is 54.9 Å². The smallest absolute Gasteiger partial charge is 0.326 e. The second-order valence-corrected chi connectivity index (χ2v) is 5.29. The Hall–Kier alpha value is -2.48. The largest absolute Gasteiger partial charge is 0.497 e. The Kier molecular flexibility index (Phi) is 6.84. The molecule has 1 heterocycles. The zero-order valence-corrected chi connectivity index (χ0v) is 14.4. The molecule has 0 unspecified atom stereocenters. The van der Waals surface area contributed by atoms with Gasteiger partial charge >= 0.3 is 6.03 Å². The third kappa shape index (κ3) is 4.51. The van der Waals surface area contributed by atoms with Crippen LogP contribution in [0.1, 0.15) is 12.8 Å². The highest BCUT2D eigenvalue weighted by Crippen LogP contribution is 2.24. The van der Waals surface area contributed by atoms with Crippen LogP contribution in [0.2, 0.25) is 0 Å². The highest BCUT2D eigenvalue weighted by atomic mass is 35.5. The molecule has 4 amide bonds. The normalized spacial score (nSPS) is 13.8. The summed E-state index contributed by atoms with van der Waals surface area (Å²) in [4.78, 5) is 37.8. The van der Waals surface area contributed by atoms with E-state index in [2.05, 4.69) is 5.32 Å². The van der Waals surface area contributed by atoms with Crippen molar-refractivity contribution >= 4 is 41.6 Å². The van der Waals surface area contributed by atoms with E-state index in [1.165, 1.54) is 12.0 Å². The maximum Gasteiger partial charge on any atom is 0.326 e. The third-order valence-electron chi connectivity index (χ3n) is 3.55. The fraction of sp³-hybridized carbons (Fsp3) is 0.400. The molecule has 2 rings (SSSR count). The summed E-state index contributed by atoms with van der Waals surface area (Å²) in [6.07, 6.45) is 0.568. The minimum absolute atomic E-state index is 0. The van der Waals surface area contributed by atoms with Gasteiger partial charge in [0, 0.05) is 26.1 Å². The van der Waals surface area contributed by atoms with Gasteiger partial charge in [0.2, 0.25) is 11.8 Å². The number of carbonyl (C=O) groups excluding carboxylic acids is 3. The van der Waals surface area contributed by atoms with Crippen LogP contribution < -0.4 is 15.8 Å². The number of hydrogen-bond acceptors (Lipinski definition) is 5. The lowest BCUT2D eigenvalue weighted by Crippen LogP contribution is -2.32. The number of nitrogen functional groups attached to an aromatic ring is 1. The van der Waals surface area contributed by atoms with E-state index in [1.807, 2.05) is 0 Å². The number of benzene rings is 1. The summed E-state index contributed by atoms with van der Waals surface area (Å²) < 4.78 is 5.08. The molecule has 24 heavy (non-hydrogen) atoms. The number of hydrogen-bond donors (Lipinski definition) is 2. The SMILES string of the molecule is COc1ccc(N)c(NC(=O)CCCN2C(=O)CN(C)C2=O)c1.Cl. The van der Waals surface area contributed by atoms with Crippen molar-refractivity contribution < 1.29 is 19.1 Å². The van der Waals surface area contributed by atoms with Crippen LogP contribution in [0.15, 0.2) is 18.2 Å². The molecule has 0 spiro atoms. The molecule has 0 radical (unpaired) electrons. The predicted molar refractivity (Wildman–Crippen MR) is 92.3 cm³/mol. The molecule has 0 aliphatic carbocycles. The molecule has 1 aliphatic rings. The monoisotopic (exact) mass is 356 g/mol. The van der Waals surface area contributed by atoms with Crippen molar-refractivity contribution in [2.75, 3.05) is 38.3 Å². The minimum Gasteiger partial charge on any atom is -0.497 e. The van der Waals surface area contributed by atoms with Crippen LogP contribution in [-0.2, 0) is 9.59 Å². The fourth-order valence-electron chi connectivity index (χ4n) is 2.27. The number of halogens is 1. The van der Waals surface area contributed by atoms with Gasteiger partial charge in [0.05, 0.1) is 18.5 Å². The molecule has 0 aromatic heterocycles. The molecular formula is C15H21ClN4O4. The number of urea groups is 1. The van der Waals surface area contributed by atoms with E-state index in [0.717, 1.165) is 4.90 Å². The standard InChI is InChI=1S/C15H20N4O4.ClH/c1-18-9-14(21)19(15(18)22)7-3-4-13(20)17-12-8-10(23-2)5-6-11(12)16;/h5-6,8H,3-4,7,9,16H2,1-2H3,(H,17,20);1H. The van der Waals surface area contributed by atoms with E-state index in [-0.39, 0.29) is 49.8 Å². The number of imide groups is 1. The van der Waals surface area contributed by atoms with Gasteiger partial charge in [0.25, 0.3) is 0 Å². The number of nitrogens with two attached hydrogens (primary N) is 1. The molecule has 0 atom stereocenters. The highest BCUT2D eigenvalue weighted by molar-refractivity contribution is 6.01. The molecule has 1 saturated heterocycles. The average Bonchev–Trinajstić information content (AvgIpc) is 2.75. The van der Waals surface area contributed by atoms with Crippen molar-refractivity contribution in [2.45, 2.75) is 12.8 Å². The summed E-state index contributed by atoms with van der Waals surface area (Å²) in [6, 6.07) is 4.65. The Balaban J connectivity index is 0.00000288. The molecular weight excluding hydrogens is 336 g/mol. The predicted octanol–water partition coefficient (Wildman–Crippen LogP) is 1.31. The second kappa shape index (κ2) is 8.39. The molecule has 0 bridgehead atoms. The lowest BCUT2D eigenvalue weighted by atomic mass is 10.2. The second-order valence-electron chi connectivity index (χ2n) is 5.29. The summed E-state index contributed by atoms with van der Waals surface area (Å²) in [6.45, 7) is 0.314. The van der Waals surface area contributed by atoms with Crippen LogP contribution in [0.3, 0.4) is 0 Å². The molecule has 132 valence electrons. The first-order valence-corrected chi connectivity index (χ1v) is 7.21. The topological polar surface area (TPSA) is 105 Å². The first-order chi connectivity index (χ1) is 10.9. The number of amides is 4. The van der Waals surface area contributed by atoms with E-state index < -0.39 is 0 Å². The fourth-order valence-corrected chi connectivity index (χ4v) is 2.27. The average molecular weight is 357 g/mol. The lowest BCUT2D eigenvalue weighted by Gasteiger charge is -2.14. The molecule has 1 aromatic rings. The quantitative estimate of drug-likeness (QED) is 0.590. The summed E-state index contributed by atoms with van der Waals surface area (Å²) in [5, 5.41) is 2.70. The van der Waals surface area contributed by atoms with Gasteiger partial charge in [0.1, 0.15) is 12.3 Å². The summed E-state index contributed by atoms with van der Waals surface area (Å²) in [5.74, 6) is 0.109. The Morgan fingerprint density at radius 1 is 1.38 bits per heavy atom. The van der Waals surface area contributed by atoms with Gasteiger partial charge in [-0.05, 0) is 18.6 Å². The number of nitrogens with one attached hydrogen (secondary N) is 1. The van der Waals surface area contributed by atoms with E-state index in [4.69, 9.17) is 10.5 Å². The van der Waals surface area contributed by atoms with E-state index in [1.54, 1.807) is 25.2 Å². The van der Waals surface area contributed by atoms with Crippen molar-refractivity contribution in [3.63, 3.8) is 0 Å². The van der Waals surface area contributed by atoms with Gasteiger partial charge in [0.15, 0.2) is 0 Å². The van der Waals surface area contributed by atoms with Gasteiger partial charge in [-0.3, -0.25) is 14.5 Å². The van der Waals surface area contributed by atoms with Crippen molar-refractivity contribution in [3.05, 3.63) is 18.2 Å². The minimum atomic E-state index is -0.326. The molecule has 9 heteroatoms. The van der Waals surface area contributed by atoms with Gasteiger partial charge < -0.3 is 20.7 Å². The highest BCUT2D eigenvalue weighted by Gasteiger charge is 2.32. The number of ether oxygens (including phenoxy) is 1. The van der Waals surface area contributed by atoms with E-state index in [0.29, 0.717) is 23.5 Å². The molecule has 1 aromatic carbocycles. The van der Waals surface area contributed by atoms with Gasteiger partial charge in [-0.15, -0.1) is 12.4 Å². The lowest BCUT2D eigenvalue weighted by molar-refractivity contribution is -0.125. The van der Waals surface area contributed by atoms with Crippen LogP contribution in [0.5, 0.6) is 5.75 Å². The summed E-state index contributed by atoms with van der Waals surface area (Å²) in [7, 11) is 3.09. The Bertz CT molecular complexity index is 638. The Morgan fingerprint density at radius 2 is 2.08 bits per heavy atom. The molecule has 1 fully saturated rings. The van der Waals surface area contributed by atoms with Crippen molar-refractivity contribution in [3.8, 4) is 5.75 Å². The Morgan fingerprint density at radius 3 is 2.67 bits per heavy atom. The first kappa shape index (κ1) is 19.6. The van der Waals surface area contributed by atoms with Crippen molar-refractivity contribution in [1.29, 1.82) is 0 Å². The summed E-state index contributed by atoms with van der Waals surface area (Å²) >= 11 is 0. The number of carbonyl (C=O) groups is 3. The van der Waals surface area contributed by atoms with E-state index in [9.17, 15) is 14.4 Å². The number of likely N-dealkylation sites (N-methyl/N-ethyl adjacent to an activating group) is 1. The number of rotatable bonds is 6. The van der Waals surface area contributed by atoms with Crippen LogP contribution in [0.4, 0.5) is 16.2 Å². The van der Waals surface area contributed by atoms with Gasteiger partial charge in [-0.2, -0.15) is 0 Å². The first-order valence-electron chi connectivity index (χ1n) is 7.21. The molecule has 1 aliphatic heterocycles. The van der Waals surface area contributed by atoms with Gasteiger partial charge in [-0.25, -0.2) is 4.79 Å². The van der Waals surface area contributed by atoms with E-state index >= 15 is 0 Å². The van der Waals surface area contributed by atoms with Crippen molar-refractivity contribution in [1.82, 2.24) is 9.80 Å². The maximum absolute atomic E-state index is 12.0. The van der Waals surface area contributed by atoms with Crippen LogP contribution in [0.25, 0.3) is 0 Å². The summed E-state index contributed by atoms with van der Waals surface area (Å²) in [5.41, 5.74) is 6.71. The number of nitrogens with zero attached hydrogens (tertiary/aromatic N) is 2. The zero-order valence-electron chi connectivity index (χ0n) is 13.6. The van der Waals surface area contributed by atoms with Crippen LogP contribution in [0, 0.1) is 0 Å². The van der Waals surface area contributed by atoms with Gasteiger partial charge in [-0.1, -0.05) is 0 Å². The number of methoxy groups -OCH3 is 1. The third-order valence-corrected chi connectivity index (χ3v) is 3.55.